The molecule has 1 aromatic carbocycles. The van der Waals surface area contributed by atoms with E-state index in [1.54, 1.807) is 7.11 Å². The number of hydrogen-bond acceptors (Lipinski definition) is 6. The molecule has 6 nitrogen and oxygen atoms in total. The topological polar surface area (TPSA) is 77.8 Å². The van der Waals surface area contributed by atoms with Gasteiger partial charge in [-0.3, -0.25) is 4.79 Å². The summed E-state index contributed by atoms with van der Waals surface area (Å²) in [7, 11) is 1.54. The highest BCUT2D eigenvalue weighted by molar-refractivity contribution is 5.65. The van der Waals surface area contributed by atoms with Crippen LogP contribution in [0.4, 0.5) is 0 Å². The van der Waals surface area contributed by atoms with Gasteiger partial charge >= 0.3 is 5.97 Å². The van der Waals surface area contributed by atoms with Crippen LogP contribution >= 0.6 is 0 Å². The number of benzene rings is 1. The summed E-state index contributed by atoms with van der Waals surface area (Å²) < 4.78 is 22.0. The summed E-state index contributed by atoms with van der Waals surface area (Å²) in [5, 5.41) is 9.18. The van der Waals surface area contributed by atoms with Gasteiger partial charge in [0.15, 0.2) is 6.10 Å². The zero-order valence-corrected chi connectivity index (χ0v) is 13.3. The Balaban J connectivity index is 2.01. The molecular formula is C17H21NO5. The molecule has 0 bridgehead atoms. The number of nitrogens with zero attached hydrogens (tertiary/aromatic N) is 1. The first-order valence-electron chi connectivity index (χ1n) is 7.50. The van der Waals surface area contributed by atoms with E-state index >= 15 is 0 Å². The Hall–Kier alpha value is -1.94. The van der Waals surface area contributed by atoms with Gasteiger partial charge in [0.1, 0.15) is 12.7 Å². The van der Waals surface area contributed by atoms with Gasteiger partial charge in [-0.25, -0.2) is 0 Å². The highest BCUT2D eigenvalue weighted by Crippen LogP contribution is 2.25. The Morgan fingerprint density at radius 1 is 1.35 bits per heavy atom. The summed E-state index contributed by atoms with van der Waals surface area (Å²) in [5.74, 6) is -0.391. The molecule has 0 spiro atoms. The second kappa shape index (κ2) is 8.63. The Morgan fingerprint density at radius 2 is 2.09 bits per heavy atom. The Bertz CT molecular complexity index is 542. The molecule has 0 radical (unpaired) electrons. The predicted octanol–water partition coefficient (Wildman–Crippen LogP) is 1.83. The van der Waals surface area contributed by atoms with Gasteiger partial charge in [0, 0.05) is 20.5 Å². The number of hydrogen-bond donors (Lipinski definition) is 0. The first-order valence-corrected chi connectivity index (χ1v) is 7.50. The van der Waals surface area contributed by atoms with Crippen molar-refractivity contribution in [3.05, 3.63) is 35.9 Å². The molecule has 1 aromatic rings. The van der Waals surface area contributed by atoms with Crippen LogP contribution in [0, 0.1) is 11.3 Å². The maximum atomic E-state index is 11.0. The standard InChI is InChI=1S/C17H21NO5/c1-12(19)21-11-17-15(8-14(20-2)16(9-18)23-17)22-10-13-6-4-3-5-7-13/h3-7,14-17H,8,10-11H2,1-2H3/t14-,15+,16+,17-/m1/s1. The van der Waals surface area contributed by atoms with E-state index in [2.05, 4.69) is 6.07 Å². The van der Waals surface area contributed by atoms with Gasteiger partial charge in [-0.2, -0.15) is 5.26 Å². The van der Waals surface area contributed by atoms with E-state index in [9.17, 15) is 10.1 Å². The van der Waals surface area contributed by atoms with Gasteiger partial charge in [0.2, 0.25) is 0 Å². The monoisotopic (exact) mass is 319 g/mol. The summed E-state index contributed by atoms with van der Waals surface area (Å²) in [6, 6.07) is 11.8. The van der Waals surface area contributed by atoms with E-state index in [1.165, 1.54) is 6.92 Å². The van der Waals surface area contributed by atoms with Crippen LogP contribution in [-0.2, 0) is 30.3 Å². The van der Waals surface area contributed by atoms with Crippen molar-refractivity contribution in [2.45, 2.75) is 44.4 Å². The van der Waals surface area contributed by atoms with Crippen molar-refractivity contribution in [2.75, 3.05) is 13.7 Å². The van der Waals surface area contributed by atoms with Crippen LogP contribution in [0.2, 0.25) is 0 Å². The lowest BCUT2D eigenvalue weighted by Crippen LogP contribution is -2.50. The van der Waals surface area contributed by atoms with Crippen molar-refractivity contribution in [3.63, 3.8) is 0 Å². The van der Waals surface area contributed by atoms with E-state index in [4.69, 9.17) is 18.9 Å². The minimum atomic E-state index is -0.697. The molecule has 1 fully saturated rings. The molecule has 2 rings (SSSR count). The normalized spacial score (nSPS) is 27.2. The molecule has 124 valence electrons. The molecule has 1 aliphatic rings. The fourth-order valence-corrected chi connectivity index (χ4v) is 2.50. The Kier molecular flexibility index (Phi) is 6.53. The van der Waals surface area contributed by atoms with Crippen molar-refractivity contribution < 1.29 is 23.7 Å². The van der Waals surface area contributed by atoms with Crippen LogP contribution in [0.15, 0.2) is 30.3 Å². The van der Waals surface area contributed by atoms with E-state index in [0.29, 0.717) is 13.0 Å². The van der Waals surface area contributed by atoms with Gasteiger partial charge in [0.25, 0.3) is 0 Å². The predicted molar refractivity (Wildman–Crippen MR) is 81.3 cm³/mol. The lowest BCUT2D eigenvalue weighted by Gasteiger charge is -2.37. The first kappa shape index (κ1) is 17.4. The molecular weight excluding hydrogens is 298 g/mol. The smallest absolute Gasteiger partial charge is 0.302 e. The fraction of sp³-hybridized carbons (Fsp3) is 0.529. The molecule has 1 aliphatic heterocycles. The van der Waals surface area contributed by atoms with Crippen molar-refractivity contribution in [3.8, 4) is 6.07 Å². The highest BCUT2D eigenvalue weighted by Gasteiger charge is 2.39. The van der Waals surface area contributed by atoms with E-state index < -0.39 is 18.2 Å². The van der Waals surface area contributed by atoms with Crippen LogP contribution in [0.5, 0.6) is 0 Å². The fourth-order valence-electron chi connectivity index (χ4n) is 2.50. The van der Waals surface area contributed by atoms with Crippen LogP contribution in [-0.4, -0.2) is 44.1 Å². The molecule has 6 heteroatoms. The molecule has 0 saturated carbocycles. The number of methoxy groups -OCH3 is 1. The van der Waals surface area contributed by atoms with E-state index in [0.717, 1.165) is 5.56 Å². The third-order valence-electron chi connectivity index (χ3n) is 3.73. The summed E-state index contributed by atoms with van der Waals surface area (Å²) >= 11 is 0. The van der Waals surface area contributed by atoms with Crippen LogP contribution in [0.25, 0.3) is 0 Å². The molecule has 0 N–H and O–H groups in total. The van der Waals surface area contributed by atoms with Gasteiger partial charge in [-0.1, -0.05) is 30.3 Å². The van der Waals surface area contributed by atoms with Crippen molar-refractivity contribution >= 4 is 5.97 Å². The lowest BCUT2D eigenvalue weighted by atomic mass is 9.98. The molecule has 0 aromatic heterocycles. The Labute approximate surface area is 135 Å². The summed E-state index contributed by atoms with van der Waals surface area (Å²) in [6.45, 7) is 1.81. The number of carbonyl (C=O) groups is 1. The van der Waals surface area contributed by atoms with Gasteiger partial charge in [0.05, 0.1) is 24.9 Å². The first-order chi connectivity index (χ1) is 11.1. The number of nitriles is 1. The summed E-state index contributed by atoms with van der Waals surface area (Å²) in [5.41, 5.74) is 1.04. The minimum Gasteiger partial charge on any atom is -0.463 e. The quantitative estimate of drug-likeness (QED) is 0.745. The third kappa shape index (κ3) is 5.03. The zero-order chi connectivity index (χ0) is 16.7. The highest BCUT2D eigenvalue weighted by atomic mass is 16.6. The van der Waals surface area contributed by atoms with Crippen LogP contribution < -0.4 is 0 Å². The molecule has 4 atom stereocenters. The lowest BCUT2D eigenvalue weighted by molar-refractivity contribution is -0.194. The van der Waals surface area contributed by atoms with Gasteiger partial charge in [-0.15, -0.1) is 0 Å². The van der Waals surface area contributed by atoms with Crippen LogP contribution in [0.1, 0.15) is 18.9 Å². The molecule has 23 heavy (non-hydrogen) atoms. The molecule has 1 heterocycles. The van der Waals surface area contributed by atoms with Crippen molar-refractivity contribution in [1.82, 2.24) is 0 Å². The molecule has 0 unspecified atom stereocenters. The summed E-state index contributed by atoms with van der Waals surface area (Å²) in [6.07, 6.45) is -1.36. The second-order valence-electron chi connectivity index (χ2n) is 5.37. The second-order valence-corrected chi connectivity index (χ2v) is 5.37. The van der Waals surface area contributed by atoms with Crippen LogP contribution in [0.3, 0.4) is 0 Å². The van der Waals surface area contributed by atoms with Gasteiger partial charge in [-0.05, 0) is 5.56 Å². The maximum absolute atomic E-state index is 11.0. The zero-order valence-electron chi connectivity index (χ0n) is 13.3. The number of carbonyl (C=O) groups excluding carboxylic acids is 1. The third-order valence-corrected chi connectivity index (χ3v) is 3.73. The van der Waals surface area contributed by atoms with E-state index in [-0.39, 0.29) is 18.8 Å². The number of ether oxygens (including phenoxy) is 4. The largest absolute Gasteiger partial charge is 0.463 e. The molecule has 0 aliphatic carbocycles. The average molecular weight is 319 g/mol. The Morgan fingerprint density at radius 3 is 2.70 bits per heavy atom. The molecule has 0 amide bonds. The van der Waals surface area contributed by atoms with Crippen molar-refractivity contribution in [2.24, 2.45) is 0 Å². The number of esters is 1. The van der Waals surface area contributed by atoms with E-state index in [1.807, 2.05) is 30.3 Å². The molecule has 1 saturated heterocycles. The SMILES string of the molecule is CO[C@@H]1C[C@H](OCc2ccccc2)[C@@H](COC(C)=O)O[C@H]1C#N. The average Bonchev–Trinajstić information content (AvgIpc) is 2.58. The van der Waals surface area contributed by atoms with Crippen molar-refractivity contribution in [1.29, 1.82) is 5.26 Å². The maximum Gasteiger partial charge on any atom is 0.302 e. The van der Waals surface area contributed by atoms with Gasteiger partial charge < -0.3 is 18.9 Å². The summed E-state index contributed by atoms with van der Waals surface area (Å²) in [4.78, 5) is 11.0. The minimum absolute atomic E-state index is 0.0589. The number of rotatable bonds is 6.